The van der Waals surface area contributed by atoms with Crippen LogP contribution in [0.2, 0.25) is 6.32 Å². The van der Waals surface area contributed by atoms with Gasteiger partial charge in [-0.1, -0.05) is 13.2 Å². The van der Waals surface area contributed by atoms with Crippen molar-refractivity contribution in [3.8, 4) is 0 Å². The monoisotopic (exact) mass is 269 g/mol. The van der Waals surface area contributed by atoms with Crippen LogP contribution >= 0.6 is 31.9 Å². The van der Waals surface area contributed by atoms with E-state index in [0.29, 0.717) is 5.67 Å². The van der Waals surface area contributed by atoms with Crippen molar-refractivity contribution < 1.29 is 0 Å². The molecule has 0 heterocycles. The summed E-state index contributed by atoms with van der Waals surface area (Å²) in [6, 6.07) is 0. The molecule has 0 spiro atoms. The maximum absolute atomic E-state index is 3.56. The molecule has 60 valence electrons. The molecule has 0 bridgehead atoms. The van der Waals surface area contributed by atoms with Gasteiger partial charge in [0.2, 0.25) is 0 Å². The van der Waals surface area contributed by atoms with Crippen LogP contribution in [0, 0.1) is 0 Å². The van der Waals surface area contributed by atoms with Crippen LogP contribution in [0.25, 0.3) is 0 Å². The minimum Gasteiger partial charge on any atom is -0.264 e. The molecule has 0 radical (unpaired) electrons. The molecule has 0 saturated carbocycles. The Morgan fingerprint density at radius 2 is 1.80 bits per heavy atom. The van der Waals surface area contributed by atoms with Crippen LogP contribution < -0.4 is 0 Å². The highest BCUT2D eigenvalue weighted by Gasteiger charge is 2.26. The van der Waals surface area contributed by atoms with E-state index in [1.807, 2.05) is 0 Å². The normalized spacial score (nSPS) is 12.3. The molecular formula is C6H14BBr2N. The van der Waals surface area contributed by atoms with Crippen LogP contribution in [0.1, 0.15) is 27.7 Å². The second kappa shape index (κ2) is 4.12. The van der Waals surface area contributed by atoms with Gasteiger partial charge in [0, 0.05) is 21.7 Å². The van der Waals surface area contributed by atoms with E-state index in [-0.39, 0.29) is 5.54 Å². The number of rotatable bonds is 2. The van der Waals surface area contributed by atoms with Crippen LogP contribution in [0.4, 0.5) is 0 Å². The molecule has 0 aromatic carbocycles. The molecule has 0 amide bonds. The van der Waals surface area contributed by atoms with Gasteiger partial charge in [-0.3, -0.25) is 3.84 Å². The smallest absolute Gasteiger partial charge is 0.264 e. The summed E-state index contributed by atoms with van der Waals surface area (Å²) in [5, 5.41) is 0. The van der Waals surface area contributed by atoms with E-state index < -0.39 is 0 Å². The minimum atomic E-state index is 0.185. The van der Waals surface area contributed by atoms with E-state index >= 15 is 0 Å². The van der Waals surface area contributed by atoms with Gasteiger partial charge < -0.3 is 0 Å². The van der Waals surface area contributed by atoms with Crippen LogP contribution in [0.15, 0.2) is 0 Å². The zero-order chi connectivity index (χ0) is 8.36. The second-order valence-electron chi connectivity index (χ2n) is 3.32. The van der Waals surface area contributed by atoms with E-state index in [4.69, 9.17) is 0 Å². The molecule has 0 atom stereocenters. The lowest BCUT2D eigenvalue weighted by Gasteiger charge is -2.31. The zero-order valence-corrected chi connectivity index (χ0v) is 10.2. The van der Waals surface area contributed by atoms with Gasteiger partial charge in [-0.2, -0.15) is 0 Å². The molecule has 1 nitrogen and oxygen atoms in total. The Labute approximate surface area is 81.0 Å². The Bertz CT molecular complexity index is 102. The van der Waals surface area contributed by atoms with Crippen LogP contribution in [-0.4, -0.2) is 15.0 Å². The molecule has 0 aliphatic heterocycles. The third-order valence-electron chi connectivity index (χ3n) is 1.22. The van der Waals surface area contributed by atoms with Gasteiger partial charge in [-0.05, 0) is 20.8 Å². The van der Waals surface area contributed by atoms with Crippen molar-refractivity contribution >= 4 is 37.6 Å². The topological polar surface area (TPSA) is 3.24 Å². The van der Waals surface area contributed by atoms with Crippen molar-refractivity contribution in [2.45, 2.75) is 39.6 Å². The molecule has 0 aromatic rings. The largest absolute Gasteiger partial charge is 0.313 e. The third kappa shape index (κ3) is 3.40. The molecule has 10 heavy (non-hydrogen) atoms. The summed E-state index contributed by atoms with van der Waals surface area (Å²) in [7, 11) is 0. The number of hydrogen-bond acceptors (Lipinski definition) is 1. The molecular weight excluding hydrogens is 257 g/mol. The lowest BCUT2D eigenvalue weighted by atomic mass is 9.85. The van der Waals surface area contributed by atoms with Crippen molar-refractivity contribution in [1.82, 2.24) is 3.84 Å². The first-order chi connectivity index (χ1) is 4.39. The van der Waals surface area contributed by atoms with Gasteiger partial charge in [0.05, 0.1) is 0 Å². The van der Waals surface area contributed by atoms with E-state index in [0.717, 1.165) is 6.32 Å². The van der Waals surface area contributed by atoms with Crippen molar-refractivity contribution in [2.75, 3.05) is 0 Å². The SMILES string of the molecule is CCB(Br)N(Br)C(C)(C)C. The Hall–Kier alpha value is 0.985. The molecule has 0 unspecified atom stereocenters. The molecule has 0 aliphatic rings. The summed E-state index contributed by atoms with van der Waals surface area (Å²) in [6.45, 7) is 8.67. The van der Waals surface area contributed by atoms with E-state index in [2.05, 4.69) is 63.4 Å². The van der Waals surface area contributed by atoms with Crippen molar-refractivity contribution in [1.29, 1.82) is 0 Å². The van der Waals surface area contributed by atoms with Gasteiger partial charge >= 0.3 is 5.67 Å². The van der Waals surface area contributed by atoms with E-state index in [1.54, 1.807) is 0 Å². The maximum atomic E-state index is 3.56. The summed E-state index contributed by atoms with van der Waals surface area (Å²) < 4.78 is 2.14. The second-order valence-corrected chi connectivity index (χ2v) is 5.15. The van der Waals surface area contributed by atoms with E-state index in [1.165, 1.54) is 0 Å². The summed E-state index contributed by atoms with van der Waals surface area (Å²) in [6.07, 6.45) is 1.10. The first kappa shape index (κ1) is 11.0. The van der Waals surface area contributed by atoms with Gasteiger partial charge in [-0.25, -0.2) is 0 Å². The molecule has 4 heteroatoms. The Morgan fingerprint density at radius 3 is 1.90 bits per heavy atom. The highest BCUT2D eigenvalue weighted by Crippen LogP contribution is 2.23. The quantitative estimate of drug-likeness (QED) is 0.550. The Kier molecular flexibility index (Phi) is 4.53. The zero-order valence-electron chi connectivity index (χ0n) is 6.99. The third-order valence-corrected chi connectivity index (χ3v) is 4.39. The number of halogens is 2. The molecule has 0 rings (SSSR count). The fourth-order valence-corrected chi connectivity index (χ4v) is 1.48. The summed E-state index contributed by atoms with van der Waals surface area (Å²) >= 11 is 7.07. The van der Waals surface area contributed by atoms with Gasteiger partial charge in [0.1, 0.15) is 0 Å². The van der Waals surface area contributed by atoms with Crippen LogP contribution in [0.5, 0.6) is 0 Å². The highest BCUT2D eigenvalue weighted by molar-refractivity contribution is 9.25. The van der Waals surface area contributed by atoms with Crippen molar-refractivity contribution in [3.05, 3.63) is 0 Å². The van der Waals surface area contributed by atoms with Gasteiger partial charge in [0.25, 0.3) is 0 Å². The minimum absolute atomic E-state index is 0.185. The summed E-state index contributed by atoms with van der Waals surface area (Å²) in [4.78, 5) is 0. The number of nitrogens with zero attached hydrogens (tertiary/aromatic N) is 1. The Balaban J connectivity index is 3.94. The molecule has 0 fully saturated rings. The predicted molar refractivity (Wildman–Crippen MR) is 55.7 cm³/mol. The molecule has 0 N–H and O–H groups in total. The molecule has 0 aliphatic carbocycles. The lowest BCUT2D eigenvalue weighted by Crippen LogP contribution is -2.40. The average molecular weight is 271 g/mol. The number of hydrogen-bond donors (Lipinski definition) is 0. The fourth-order valence-electron chi connectivity index (χ4n) is 0.581. The van der Waals surface area contributed by atoms with Crippen LogP contribution in [0.3, 0.4) is 0 Å². The van der Waals surface area contributed by atoms with E-state index in [9.17, 15) is 0 Å². The summed E-state index contributed by atoms with van der Waals surface area (Å²) in [5.41, 5.74) is 0.608. The van der Waals surface area contributed by atoms with Crippen molar-refractivity contribution in [2.24, 2.45) is 0 Å². The van der Waals surface area contributed by atoms with Gasteiger partial charge in [-0.15, -0.1) is 15.8 Å². The predicted octanol–water partition coefficient (Wildman–Crippen LogP) is 3.30. The molecule has 0 aromatic heterocycles. The Morgan fingerprint density at radius 1 is 1.40 bits per heavy atom. The first-order valence-electron chi connectivity index (χ1n) is 3.48. The molecule has 0 saturated heterocycles. The van der Waals surface area contributed by atoms with Crippen LogP contribution in [-0.2, 0) is 0 Å². The fraction of sp³-hybridized carbons (Fsp3) is 1.00. The highest BCUT2D eigenvalue weighted by atomic mass is 79.9. The van der Waals surface area contributed by atoms with Gasteiger partial charge in [0.15, 0.2) is 0 Å². The summed E-state index contributed by atoms with van der Waals surface area (Å²) in [5.74, 6) is 0. The maximum Gasteiger partial charge on any atom is 0.313 e. The standard InChI is InChI=1S/C6H14BBr2N/c1-5-7(8)10(9)6(2,3)4/h5H2,1-4H3. The lowest BCUT2D eigenvalue weighted by molar-refractivity contribution is 0.402. The average Bonchev–Trinajstić information content (AvgIpc) is 1.83. The first-order valence-corrected chi connectivity index (χ1v) is 5.11. The van der Waals surface area contributed by atoms with Crippen molar-refractivity contribution in [3.63, 3.8) is 0 Å².